The number of aliphatic imine (C=N–C) groups is 1. The summed E-state index contributed by atoms with van der Waals surface area (Å²) in [5.41, 5.74) is 4.43. The van der Waals surface area contributed by atoms with Gasteiger partial charge in [-0.1, -0.05) is 57.0 Å². The summed E-state index contributed by atoms with van der Waals surface area (Å²) in [6, 6.07) is 22.3. The monoisotopic (exact) mass is 471 g/mol. The third kappa shape index (κ3) is 5.29. The molecule has 0 aliphatic rings. The molecule has 132 valence electrons. The van der Waals surface area contributed by atoms with E-state index in [1.807, 2.05) is 60.8 Å². The minimum atomic E-state index is 0.519. The van der Waals surface area contributed by atoms with Gasteiger partial charge in [0.1, 0.15) is 12.4 Å². The number of halogens is 2. The van der Waals surface area contributed by atoms with Crippen molar-refractivity contribution in [3.63, 3.8) is 0 Å². The first-order chi connectivity index (χ1) is 12.6. The Labute approximate surface area is 171 Å². The summed E-state index contributed by atoms with van der Waals surface area (Å²) in [4.78, 5) is 4.52. The van der Waals surface area contributed by atoms with Crippen LogP contribution in [0.5, 0.6) is 5.75 Å². The largest absolute Gasteiger partial charge is 0.489 e. The lowest BCUT2D eigenvalue weighted by Crippen LogP contribution is -1.96. The number of hydrogen-bond acceptors (Lipinski definition) is 2. The zero-order valence-electron chi connectivity index (χ0n) is 14.5. The van der Waals surface area contributed by atoms with E-state index >= 15 is 0 Å². The van der Waals surface area contributed by atoms with Crippen LogP contribution < -0.4 is 4.74 Å². The fourth-order valence-electron chi connectivity index (χ4n) is 2.42. The van der Waals surface area contributed by atoms with Crippen molar-refractivity contribution < 1.29 is 4.74 Å². The molecule has 3 aromatic carbocycles. The quantitative estimate of drug-likeness (QED) is 0.350. The number of nitrogens with zero attached hydrogens (tertiary/aromatic N) is 1. The van der Waals surface area contributed by atoms with Crippen molar-refractivity contribution in [3.05, 3.63) is 92.4 Å². The fraction of sp³-hybridized carbons (Fsp3) is 0.136. The Morgan fingerprint density at radius 2 is 1.65 bits per heavy atom. The summed E-state index contributed by atoms with van der Waals surface area (Å²) in [7, 11) is 0. The second-order valence-corrected chi connectivity index (χ2v) is 7.64. The Balaban J connectivity index is 1.59. The molecule has 0 unspecified atom stereocenters. The summed E-state index contributed by atoms with van der Waals surface area (Å²) in [5, 5.41) is 0. The van der Waals surface area contributed by atoms with Crippen LogP contribution in [-0.4, -0.2) is 6.21 Å². The minimum absolute atomic E-state index is 0.519. The van der Waals surface area contributed by atoms with Crippen molar-refractivity contribution in [1.82, 2.24) is 0 Å². The van der Waals surface area contributed by atoms with Crippen LogP contribution in [0.15, 0.2) is 80.7 Å². The molecule has 0 aromatic heterocycles. The Bertz CT molecular complexity index is 887. The summed E-state index contributed by atoms with van der Waals surface area (Å²) >= 11 is 7.01. The van der Waals surface area contributed by atoms with Gasteiger partial charge in [0.15, 0.2) is 0 Å². The maximum absolute atomic E-state index is 5.87. The van der Waals surface area contributed by atoms with E-state index in [1.165, 1.54) is 5.56 Å². The van der Waals surface area contributed by atoms with Gasteiger partial charge in [0.25, 0.3) is 0 Å². The molecule has 0 radical (unpaired) electrons. The molecule has 0 heterocycles. The van der Waals surface area contributed by atoms with Crippen molar-refractivity contribution in [3.8, 4) is 5.75 Å². The fourth-order valence-corrected chi connectivity index (χ4v) is 3.58. The number of ether oxygens (including phenoxy) is 1. The molecule has 3 aromatic rings. The molecule has 0 saturated carbocycles. The lowest BCUT2D eigenvalue weighted by molar-refractivity contribution is 0.305. The number of rotatable bonds is 6. The highest BCUT2D eigenvalue weighted by Crippen LogP contribution is 2.23. The zero-order valence-corrected chi connectivity index (χ0v) is 17.6. The average molecular weight is 473 g/mol. The van der Waals surface area contributed by atoms with Gasteiger partial charge >= 0.3 is 0 Å². The van der Waals surface area contributed by atoms with E-state index in [4.69, 9.17) is 4.74 Å². The first-order valence-electron chi connectivity index (χ1n) is 8.44. The number of hydrogen-bond donors (Lipinski definition) is 0. The first-order valence-corrected chi connectivity index (χ1v) is 10.0. The van der Waals surface area contributed by atoms with Crippen LogP contribution in [-0.2, 0) is 13.0 Å². The van der Waals surface area contributed by atoms with Gasteiger partial charge in [0, 0.05) is 20.7 Å². The number of benzene rings is 3. The molecule has 0 fully saturated rings. The van der Waals surface area contributed by atoms with Crippen LogP contribution in [0.1, 0.15) is 23.6 Å². The predicted molar refractivity (Wildman–Crippen MR) is 116 cm³/mol. The molecular formula is C22H19Br2NO. The highest BCUT2D eigenvalue weighted by molar-refractivity contribution is 9.11. The van der Waals surface area contributed by atoms with Crippen LogP contribution in [0.4, 0.5) is 5.69 Å². The van der Waals surface area contributed by atoms with Crippen molar-refractivity contribution in [2.45, 2.75) is 20.0 Å². The highest BCUT2D eigenvalue weighted by Gasteiger charge is 2.02. The lowest BCUT2D eigenvalue weighted by Gasteiger charge is -2.08. The van der Waals surface area contributed by atoms with Gasteiger partial charge in [-0.15, -0.1) is 0 Å². The van der Waals surface area contributed by atoms with Crippen molar-refractivity contribution in [1.29, 1.82) is 0 Å². The van der Waals surface area contributed by atoms with Gasteiger partial charge in [-0.25, -0.2) is 0 Å². The molecule has 0 bridgehead atoms. The summed E-state index contributed by atoms with van der Waals surface area (Å²) < 4.78 is 7.94. The molecule has 0 aliphatic heterocycles. The van der Waals surface area contributed by atoms with Crippen LogP contribution in [0.2, 0.25) is 0 Å². The third-order valence-corrected chi connectivity index (χ3v) is 5.23. The van der Waals surface area contributed by atoms with E-state index in [0.717, 1.165) is 37.9 Å². The van der Waals surface area contributed by atoms with Gasteiger partial charge in [0.05, 0.1) is 5.69 Å². The van der Waals surface area contributed by atoms with Crippen molar-refractivity contribution >= 4 is 43.8 Å². The second-order valence-electron chi connectivity index (χ2n) is 5.87. The van der Waals surface area contributed by atoms with Crippen LogP contribution in [0.3, 0.4) is 0 Å². The normalized spacial score (nSPS) is 11.0. The van der Waals surface area contributed by atoms with Gasteiger partial charge in [0.2, 0.25) is 0 Å². The molecule has 4 heteroatoms. The maximum Gasteiger partial charge on any atom is 0.119 e. The van der Waals surface area contributed by atoms with E-state index < -0.39 is 0 Å². The summed E-state index contributed by atoms with van der Waals surface area (Å²) in [5.74, 6) is 0.837. The minimum Gasteiger partial charge on any atom is -0.489 e. The molecule has 0 aliphatic carbocycles. The van der Waals surface area contributed by atoms with Crippen molar-refractivity contribution in [2.24, 2.45) is 4.99 Å². The summed E-state index contributed by atoms with van der Waals surface area (Å²) in [6.45, 7) is 2.67. The van der Waals surface area contributed by atoms with E-state index in [1.54, 1.807) is 0 Å². The predicted octanol–water partition coefficient (Wildman–Crippen LogP) is 7.10. The second kappa shape index (κ2) is 9.15. The van der Waals surface area contributed by atoms with Gasteiger partial charge in [-0.3, -0.25) is 4.99 Å². The Hall–Kier alpha value is -1.91. The molecule has 0 N–H and O–H groups in total. The number of aryl methyl sites for hydroxylation is 1. The molecule has 2 nitrogen and oxygen atoms in total. The van der Waals surface area contributed by atoms with Crippen LogP contribution >= 0.6 is 31.9 Å². The Morgan fingerprint density at radius 1 is 0.923 bits per heavy atom. The van der Waals surface area contributed by atoms with Crippen molar-refractivity contribution in [2.75, 3.05) is 0 Å². The van der Waals surface area contributed by atoms with Crippen LogP contribution in [0.25, 0.3) is 0 Å². The SMILES string of the molecule is CCc1ccc(N=Cc2ccc(OCc3ccc(Br)cc3Br)cc2)cc1. The van der Waals surface area contributed by atoms with Gasteiger partial charge in [-0.05, 0) is 66.1 Å². The first kappa shape index (κ1) is 18.9. The maximum atomic E-state index is 5.87. The molecular weight excluding hydrogens is 454 g/mol. The standard InChI is InChI=1S/C22H19Br2NO/c1-2-16-3-9-20(10-4-16)25-14-17-5-11-21(12-6-17)26-15-18-7-8-19(23)13-22(18)24/h3-14H,2,15H2,1H3. The average Bonchev–Trinajstić information content (AvgIpc) is 2.67. The van der Waals surface area contributed by atoms with Gasteiger partial charge < -0.3 is 4.74 Å². The molecule has 26 heavy (non-hydrogen) atoms. The smallest absolute Gasteiger partial charge is 0.119 e. The topological polar surface area (TPSA) is 21.6 Å². The van der Waals surface area contributed by atoms with Crippen LogP contribution in [0, 0.1) is 0 Å². The molecule has 0 amide bonds. The molecule has 0 spiro atoms. The van der Waals surface area contributed by atoms with E-state index in [9.17, 15) is 0 Å². The Morgan fingerprint density at radius 3 is 2.31 bits per heavy atom. The summed E-state index contributed by atoms with van der Waals surface area (Å²) in [6.07, 6.45) is 2.92. The van der Waals surface area contributed by atoms with E-state index in [2.05, 4.69) is 55.9 Å². The Kier molecular flexibility index (Phi) is 6.64. The van der Waals surface area contributed by atoms with E-state index in [0.29, 0.717) is 6.61 Å². The molecule has 0 atom stereocenters. The molecule has 3 rings (SSSR count). The lowest BCUT2D eigenvalue weighted by atomic mass is 10.1. The van der Waals surface area contributed by atoms with Gasteiger partial charge in [-0.2, -0.15) is 0 Å². The molecule has 0 saturated heterocycles. The van der Waals surface area contributed by atoms with E-state index in [-0.39, 0.29) is 0 Å². The third-order valence-electron chi connectivity index (χ3n) is 4.00. The highest BCUT2D eigenvalue weighted by atomic mass is 79.9. The zero-order chi connectivity index (χ0) is 18.4.